The minimum atomic E-state index is -0.211. The van der Waals surface area contributed by atoms with Crippen LogP contribution in [0.15, 0.2) is 0 Å². The van der Waals surface area contributed by atoms with Gasteiger partial charge in [0, 0.05) is 6.54 Å². The van der Waals surface area contributed by atoms with E-state index in [0.29, 0.717) is 5.92 Å². The molecular weight excluding hydrogens is 214 g/mol. The zero-order valence-corrected chi connectivity index (χ0v) is 11.3. The molecule has 0 aromatic rings. The van der Waals surface area contributed by atoms with E-state index in [1.165, 1.54) is 0 Å². The number of nitriles is 1. The fourth-order valence-corrected chi connectivity index (χ4v) is 2.34. The Kier molecular flexibility index (Phi) is 4.95. The summed E-state index contributed by atoms with van der Waals surface area (Å²) in [5, 5.41) is 9.03. The molecule has 0 aromatic carbocycles. The van der Waals surface area contributed by atoms with E-state index in [1.54, 1.807) is 4.90 Å². The van der Waals surface area contributed by atoms with Crippen LogP contribution in [0.4, 0.5) is 0 Å². The first-order valence-electron chi connectivity index (χ1n) is 6.34. The van der Waals surface area contributed by atoms with Crippen molar-refractivity contribution in [3.63, 3.8) is 0 Å². The maximum Gasteiger partial charge on any atom is 0.240 e. The van der Waals surface area contributed by atoms with Crippen LogP contribution in [0, 0.1) is 17.2 Å². The summed E-state index contributed by atoms with van der Waals surface area (Å²) in [6.45, 7) is 4.98. The summed E-state index contributed by atoms with van der Waals surface area (Å²) in [6, 6.07) is 1.92. The van der Waals surface area contributed by atoms with Gasteiger partial charge in [-0.3, -0.25) is 9.69 Å². The molecule has 0 aliphatic carbocycles. The van der Waals surface area contributed by atoms with Gasteiger partial charge >= 0.3 is 0 Å². The highest BCUT2D eigenvalue weighted by molar-refractivity contribution is 5.82. The molecule has 1 saturated heterocycles. The lowest BCUT2D eigenvalue weighted by Gasteiger charge is -2.30. The summed E-state index contributed by atoms with van der Waals surface area (Å²) in [6.07, 6.45) is 2.62. The molecule has 0 spiro atoms. The van der Waals surface area contributed by atoms with Gasteiger partial charge in [0.25, 0.3) is 0 Å². The number of carbonyl (C=O) groups excluding carboxylic acids is 1. The Bertz CT molecular complexity index is 306. The first-order valence-corrected chi connectivity index (χ1v) is 6.34. The number of hydrogen-bond donors (Lipinski definition) is 0. The van der Waals surface area contributed by atoms with Crippen LogP contribution in [0.1, 0.15) is 33.1 Å². The molecule has 0 aromatic heterocycles. The highest BCUT2D eigenvalue weighted by Crippen LogP contribution is 2.20. The standard InChI is InChI=1S/C13H23N3O/c1-10(2)8-12(15(3)4)13(17)16-7-5-6-11(16)9-14/h10-12H,5-8H2,1-4H3. The number of carbonyl (C=O) groups is 1. The third kappa shape index (κ3) is 3.44. The van der Waals surface area contributed by atoms with Crippen molar-refractivity contribution >= 4 is 5.91 Å². The molecule has 1 fully saturated rings. The predicted molar refractivity (Wildman–Crippen MR) is 67.3 cm³/mol. The summed E-state index contributed by atoms with van der Waals surface area (Å²) >= 11 is 0. The van der Waals surface area contributed by atoms with E-state index in [4.69, 9.17) is 5.26 Å². The van der Waals surface area contributed by atoms with Crippen molar-refractivity contribution in [3.05, 3.63) is 0 Å². The summed E-state index contributed by atoms with van der Waals surface area (Å²) in [7, 11) is 3.87. The van der Waals surface area contributed by atoms with Crippen LogP contribution in [0.3, 0.4) is 0 Å². The van der Waals surface area contributed by atoms with Crippen molar-refractivity contribution in [1.29, 1.82) is 5.26 Å². The topological polar surface area (TPSA) is 47.3 Å². The Balaban J connectivity index is 2.74. The Labute approximate surface area is 104 Å². The fraction of sp³-hybridized carbons (Fsp3) is 0.846. The maximum atomic E-state index is 12.4. The Hall–Kier alpha value is -1.08. The van der Waals surface area contributed by atoms with Crippen molar-refractivity contribution in [1.82, 2.24) is 9.80 Å². The van der Waals surface area contributed by atoms with Crippen LogP contribution in [-0.2, 0) is 4.79 Å². The second-order valence-corrected chi connectivity index (χ2v) is 5.43. The van der Waals surface area contributed by atoms with E-state index in [1.807, 2.05) is 19.0 Å². The lowest BCUT2D eigenvalue weighted by Crippen LogP contribution is -2.48. The van der Waals surface area contributed by atoms with Crippen LogP contribution in [0.5, 0.6) is 0 Å². The quantitative estimate of drug-likeness (QED) is 0.744. The molecule has 2 atom stereocenters. The number of amides is 1. The number of likely N-dealkylation sites (tertiary alicyclic amines) is 1. The molecular formula is C13H23N3O. The third-order valence-corrected chi connectivity index (χ3v) is 3.29. The molecule has 2 unspecified atom stereocenters. The maximum absolute atomic E-state index is 12.4. The van der Waals surface area contributed by atoms with Gasteiger partial charge in [-0.1, -0.05) is 13.8 Å². The summed E-state index contributed by atoms with van der Waals surface area (Å²) in [5.74, 6) is 0.599. The van der Waals surface area contributed by atoms with Crippen molar-refractivity contribution in [3.8, 4) is 6.07 Å². The zero-order chi connectivity index (χ0) is 13.0. The monoisotopic (exact) mass is 237 g/mol. The van der Waals surface area contributed by atoms with Crippen molar-refractivity contribution < 1.29 is 4.79 Å². The predicted octanol–water partition coefficient (Wildman–Crippen LogP) is 1.48. The molecule has 0 radical (unpaired) electrons. The van der Waals surface area contributed by atoms with Crippen LogP contribution >= 0.6 is 0 Å². The Morgan fingerprint density at radius 2 is 2.18 bits per heavy atom. The molecule has 1 aliphatic rings. The Morgan fingerprint density at radius 3 is 2.65 bits per heavy atom. The summed E-state index contributed by atoms with van der Waals surface area (Å²) < 4.78 is 0. The van der Waals surface area contributed by atoms with Crippen LogP contribution in [-0.4, -0.2) is 48.4 Å². The van der Waals surface area contributed by atoms with Gasteiger partial charge < -0.3 is 4.90 Å². The van der Waals surface area contributed by atoms with Crippen LogP contribution in [0.2, 0.25) is 0 Å². The molecule has 1 rings (SSSR count). The molecule has 96 valence electrons. The highest BCUT2D eigenvalue weighted by atomic mass is 16.2. The average Bonchev–Trinajstić information content (AvgIpc) is 2.72. The highest BCUT2D eigenvalue weighted by Gasteiger charge is 2.34. The molecule has 0 N–H and O–H groups in total. The van der Waals surface area contributed by atoms with E-state index < -0.39 is 0 Å². The van der Waals surface area contributed by atoms with Gasteiger partial charge in [-0.2, -0.15) is 5.26 Å². The molecule has 4 nitrogen and oxygen atoms in total. The van der Waals surface area contributed by atoms with Gasteiger partial charge in [-0.05, 0) is 39.3 Å². The van der Waals surface area contributed by atoms with Gasteiger partial charge in [-0.15, -0.1) is 0 Å². The molecule has 1 aliphatic heterocycles. The third-order valence-electron chi connectivity index (χ3n) is 3.29. The van der Waals surface area contributed by atoms with Crippen LogP contribution in [0.25, 0.3) is 0 Å². The minimum absolute atomic E-state index is 0.0936. The van der Waals surface area contributed by atoms with Crippen LogP contribution < -0.4 is 0 Å². The lowest BCUT2D eigenvalue weighted by molar-refractivity contribution is -0.136. The fourth-order valence-electron chi connectivity index (χ4n) is 2.34. The van der Waals surface area contributed by atoms with E-state index in [2.05, 4.69) is 19.9 Å². The SMILES string of the molecule is CC(C)CC(C(=O)N1CCCC1C#N)N(C)C. The lowest BCUT2D eigenvalue weighted by atomic mass is 10.0. The van der Waals surface area contributed by atoms with E-state index in [0.717, 1.165) is 25.8 Å². The van der Waals surface area contributed by atoms with Gasteiger partial charge in [0.05, 0.1) is 12.1 Å². The summed E-state index contributed by atoms with van der Waals surface area (Å²) in [5.41, 5.74) is 0. The van der Waals surface area contributed by atoms with E-state index in [-0.39, 0.29) is 18.0 Å². The smallest absolute Gasteiger partial charge is 0.240 e. The molecule has 0 saturated carbocycles. The van der Waals surface area contributed by atoms with Gasteiger partial charge in [-0.25, -0.2) is 0 Å². The molecule has 17 heavy (non-hydrogen) atoms. The zero-order valence-electron chi connectivity index (χ0n) is 11.3. The minimum Gasteiger partial charge on any atom is -0.325 e. The van der Waals surface area contributed by atoms with Gasteiger partial charge in [0.1, 0.15) is 6.04 Å². The first-order chi connectivity index (χ1) is 7.97. The van der Waals surface area contributed by atoms with Gasteiger partial charge in [0.15, 0.2) is 0 Å². The number of nitrogens with zero attached hydrogens (tertiary/aromatic N) is 3. The molecule has 1 heterocycles. The second kappa shape index (κ2) is 6.02. The van der Waals surface area contributed by atoms with Crippen molar-refractivity contribution in [2.24, 2.45) is 5.92 Å². The largest absolute Gasteiger partial charge is 0.325 e. The second-order valence-electron chi connectivity index (χ2n) is 5.43. The number of rotatable bonds is 4. The number of likely N-dealkylation sites (N-methyl/N-ethyl adjacent to an activating group) is 1. The average molecular weight is 237 g/mol. The molecule has 1 amide bonds. The van der Waals surface area contributed by atoms with Gasteiger partial charge in [0.2, 0.25) is 5.91 Å². The normalized spacial score (nSPS) is 21.9. The van der Waals surface area contributed by atoms with E-state index in [9.17, 15) is 4.79 Å². The Morgan fingerprint density at radius 1 is 1.53 bits per heavy atom. The molecule has 4 heteroatoms. The first kappa shape index (κ1) is 14.0. The summed E-state index contributed by atoms with van der Waals surface area (Å²) in [4.78, 5) is 16.1. The van der Waals surface area contributed by atoms with E-state index >= 15 is 0 Å². The van der Waals surface area contributed by atoms with Crippen molar-refractivity contribution in [2.45, 2.75) is 45.2 Å². The molecule has 0 bridgehead atoms. The number of hydrogen-bond acceptors (Lipinski definition) is 3. The van der Waals surface area contributed by atoms with Crippen molar-refractivity contribution in [2.75, 3.05) is 20.6 Å².